The first-order valence-electron chi connectivity index (χ1n) is 5.71. The van der Waals surface area contributed by atoms with E-state index in [2.05, 4.69) is 0 Å². The molecule has 1 atom stereocenters. The van der Waals surface area contributed by atoms with Crippen LogP contribution in [0, 0.1) is 0 Å². The number of amides is 1. The Hall–Kier alpha value is -1.55. The van der Waals surface area contributed by atoms with E-state index in [-0.39, 0.29) is 5.91 Å². The first-order chi connectivity index (χ1) is 7.98. The zero-order chi connectivity index (χ0) is 12.5. The highest BCUT2D eigenvalue weighted by molar-refractivity contribution is 5.82. The van der Waals surface area contributed by atoms with Crippen molar-refractivity contribution in [1.29, 1.82) is 0 Å². The van der Waals surface area contributed by atoms with E-state index in [1.807, 2.05) is 30.3 Å². The normalized spacial score (nSPS) is 19.4. The Kier molecular flexibility index (Phi) is 3.07. The number of rotatable bonds is 3. The van der Waals surface area contributed by atoms with Crippen LogP contribution < -0.4 is 4.74 Å². The zero-order valence-electron chi connectivity index (χ0n) is 10.1. The molecule has 1 aromatic rings. The summed E-state index contributed by atoms with van der Waals surface area (Å²) in [5.74, 6) is 0.598. The fraction of sp³-hybridized carbons (Fsp3) is 0.462. The van der Waals surface area contributed by atoms with Gasteiger partial charge in [-0.15, -0.1) is 0 Å². The number of nitrogens with zero attached hydrogens (tertiary/aromatic N) is 1. The molecule has 0 radical (unpaired) electrons. The van der Waals surface area contributed by atoms with E-state index in [4.69, 9.17) is 4.74 Å². The molecule has 0 aromatic heterocycles. The molecule has 2 rings (SSSR count). The van der Waals surface area contributed by atoms with Gasteiger partial charge in [0.05, 0.1) is 18.7 Å². The highest BCUT2D eigenvalue weighted by atomic mass is 16.5. The third-order valence-electron chi connectivity index (χ3n) is 2.78. The molecule has 0 aliphatic carbocycles. The molecule has 1 aromatic carbocycles. The van der Waals surface area contributed by atoms with E-state index in [1.165, 1.54) is 0 Å². The lowest BCUT2D eigenvalue weighted by Gasteiger charge is -2.44. The number of carbonyl (C=O) groups is 1. The SMILES string of the molecule is CC(Oc1ccccc1)C(=O)N1CC(C)(O)C1. The van der Waals surface area contributed by atoms with Gasteiger partial charge < -0.3 is 14.7 Å². The second kappa shape index (κ2) is 4.37. The molecular weight excluding hydrogens is 218 g/mol. The van der Waals surface area contributed by atoms with Crippen LogP contribution in [0.25, 0.3) is 0 Å². The zero-order valence-corrected chi connectivity index (χ0v) is 10.1. The molecule has 1 N–H and O–H groups in total. The van der Waals surface area contributed by atoms with Crippen molar-refractivity contribution in [2.45, 2.75) is 25.6 Å². The van der Waals surface area contributed by atoms with E-state index in [0.717, 1.165) is 0 Å². The molecule has 0 bridgehead atoms. The summed E-state index contributed by atoms with van der Waals surface area (Å²) in [6.45, 7) is 4.21. The number of ether oxygens (including phenoxy) is 1. The maximum atomic E-state index is 11.9. The van der Waals surface area contributed by atoms with Gasteiger partial charge in [0, 0.05) is 0 Å². The maximum absolute atomic E-state index is 11.9. The van der Waals surface area contributed by atoms with Crippen molar-refractivity contribution in [2.75, 3.05) is 13.1 Å². The van der Waals surface area contributed by atoms with Crippen LogP contribution in [-0.2, 0) is 4.79 Å². The molecule has 0 spiro atoms. The minimum Gasteiger partial charge on any atom is -0.481 e. The Morgan fingerprint density at radius 1 is 1.41 bits per heavy atom. The van der Waals surface area contributed by atoms with Gasteiger partial charge in [0.15, 0.2) is 6.10 Å². The Balaban J connectivity index is 1.89. The summed E-state index contributed by atoms with van der Waals surface area (Å²) in [6, 6.07) is 9.25. The largest absolute Gasteiger partial charge is 0.481 e. The van der Waals surface area contributed by atoms with Crippen molar-refractivity contribution in [3.8, 4) is 5.75 Å². The van der Waals surface area contributed by atoms with Crippen molar-refractivity contribution in [2.24, 2.45) is 0 Å². The fourth-order valence-electron chi connectivity index (χ4n) is 1.94. The van der Waals surface area contributed by atoms with Crippen LogP contribution in [-0.4, -0.2) is 40.7 Å². The number of aliphatic hydroxyl groups is 1. The minimum atomic E-state index is -0.734. The molecule has 1 aliphatic heterocycles. The van der Waals surface area contributed by atoms with Crippen molar-refractivity contribution < 1.29 is 14.6 Å². The van der Waals surface area contributed by atoms with Gasteiger partial charge >= 0.3 is 0 Å². The number of hydrogen-bond donors (Lipinski definition) is 1. The highest BCUT2D eigenvalue weighted by Gasteiger charge is 2.41. The minimum absolute atomic E-state index is 0.0830. The molecule has 1 saturated heterocycles. The standard InChI is InChI=1S/C13H17NO3/c1-10(17-11-6-4-3-5-7-11)12(15)14-8-13(2,16)9-14/h3-7,10,16H,8-9H2,1-2H3. The van der Waals surface area contributed by atoms with Gasteiger partial charge in [-0.25, -0.2) is 0 Å². The van der Waals surface area contributed by atoms with Crippen LogP contribution in [0.15, 0.2) is 30.3 Å². The number of para-hydroxylation sites is 1. The molecule has 1 heterocycles. The van der Waals surface area contributed by atoms with E-state index in [9.17, 15) is 9.90 Å². The first kappa shape index (κ1) is 11.9. The molecule has 4 nitrogen and oxygen atoms in total. The van der Waals surface area contributed by atoms with Gasteiger partial charge in [0.25, 0.3) is 5.91 Å². The van der Waals surface area contributed by atoms with Crippen LogP contribution >= 0.6 is 0 Å². The van der Waals surface area contributed by atoms with E-state index in [0.29, 0.717) is 18.8 Å². The summed E-state index contributed by atoms with van der Waals surface area (Å²) in [5.41, 5.74) is -0.734. The Morgan fingerprint density at radius 2 is 2.00 bits per heavy atom. The number of β-amino-alcohol motifs (C(OH)–C–C–N with tert-alkyl or cyclic N) is 1. The van der Waals surface area contributed by atoms with Crippen molar-refractivity contribution in [3.63, 3.8) is 0 Å². The summed E-state index contributed by atoms with van der Waals surface area (Å²) in [7, 11) is 0. The van der Waals surface area contributed by atoms with Crippen molar-refractivity contribution in [1.82, 2.24) is 4.90 Å². The Bertz CT molecular complexity index is 394. The summed E-state index contributed by atoms with van der Waals surface area (Å²) < 4.78 is 5.53. The van der Waals surface area contributed by atoms with Crippen LogP contribution in [0.5, 0.6) is 5.75 Å². The topological polar surface area (TPSA) is 49.8 Å². The summed E-state index contributed by atoms with van der Waals surface area (Å²) in [6.07, 6.45) is -0.520. The second-order valence-corrected chi connectivity index (χ2v) is 4.76. The predicted octanol–water partition coefficient (Wildman–Crippen LogP) is 1.05. The van der Waals surface area contributed by atoms with Crippen LogP contribution in [0.2, 0.25) is 0 Å². The first-order valence-corrected chi connectivity index (χ1v) is 5.71. The fourth-order valence-corrected chi connectivity index (χ4v) is 1.94. The lowest BCUT2D eigenvalue weighted by Crippen LogP contribution is -2.63. The monoisotopic (exact) mass is 235 g/mol. The lowest BCUT2D eigenvalue weighted by molar-refractivity contribution is -0.158. The average Bonchev–Trinajstić information content (AvgIpc) is 2.26. The maximum Gasteiger partial charge on any atom is 0.263 e. The highest BCUT2D eigenvalue weighted by Crippen LogP contribution is 2.21. The van der Waals surface area contributed by atoms with E-state index >= 15 is 0 Å². The molecule has 17 heavy (non-hydrogen) atoms. The molecule has 0 saturated carbocycles. The summed E-state index contributed by atoms with van der Waals surface area (Å²) in [4.78, 5) is 13.5. The molecule has 1 amide bonds. The van der Waals surface area contributed by atoms with Gasteiger partial charge in [-0.3, -0.25) is 4.79 Å². The van der Waals surface area contributed by atoms with Gasteiger partial charge in [-0.2, -0.15) is 0 Å². The van der Waals surface area contributed by atoms with Crippen LogP contribution in [0.3, 0.4) is 0 Å². The third kappa shape index (κ3) is 2.77. The predicted molar refractivity (Wildman–Crippen MR) is 63.7 cm³/mol. The Morgan fingerprint density at radius 3 is 2.53 bits per heavy atom. The quantitative estimate of drug-likeness (QED) is 0.852. The number of likely N-dealkylation sites (tertiary alicyclic amines) is 1. The molecule has 1 unspecified atom stereocenters. The van der Waals surface area contributed by atoms with Gasteiger partial charge in [0.2, 0.25) is 0 Å². The van der Waals surface area contributed by atoms with Crippen molar-refractivity contribution >= 4 is 5.91 Å². The average molecular weight is 235 g/mol. The van der Waals surface area contributed by atoms with Crippen LogP contribution in [0.4, 0.5) is 0 Å². The second-order valence-electron chi connectivity index (χ2n) is 4.76. The van der Waals surface area contributed by atoms with E-state index < -0.39 is 11.7 Å². The molecule has 1 aliphatic rings. The lowest BCUT2D eigenvalue weighted by atomic mass is 9.96. The van der Waals surface area contributed by atoms with Gasteiger partial charge in [-0.1, -0.05) is 18.2 Å². The number of hydrogen-bond acceptors (Lipinski definition) is 3. The molecule has 92 valence electrons. The molecule has 1 fully saturated rings. The Labute approximate surface area is 101 Å². The van der Waals surface area contributed by atoms with E-state index in [1.54, 1.807) is 18.7 Å². The molecular formula is C13H17NO3. The van der Waals surface area contributed by atoms with Gasteiger partial charge in [0.1, 0.15) is 5.75 Å². The van der Waals surface area contributed by atoms with Crippen molar-refractivity contribution in [3.05, 3.63) is 30.3 Å². The van der Waals surface area contributed by atoms with Crippen LogP contribution in [0.1, 0.15) is 13.8 Å². The summed E-state index contributed by atoms with van der Waals surface area (Å²) in [5, 5.41) is 9.57. The number of benzene rings is 1. The molecule has 4 heteroatoms. The third-order valence-corrected chi connectivity index (χ3v) is 2.78. The smallest absolute Gasteiger partial charge is 0.263 e. The van der Waals surface area contributed by atoms with Gasteiger partial charge in [-0.05, 0) is 26.0 Å². The number of carbonyl (C=O) groups excluding carboxylic acids is 1. The summed E-state index contributed by atoms with van der Waals surface area (Å²) >= 11 is 0.